The smallest absolute Gasteiger partial charge is 0.312 e. The van der Waals surface area contributed by atoms with Gasteiger partial charge in [0.25, 0.3) is 0 Å². The minimum atomic E-state index is -0.804. The van der Waals surface area contributed by atoms with E-state index in [-0.39, 0.29) is 5.41 Å². The average Bonchev–Trinajstić information content (AvgIpc) is 2.43. The molecule has 0 bridgehead atoms. The number of carbonyl (C=O) groups is 2. The van der Waals surface area contributed by atoms with Gasteiger partial charge in [0.15, 0.2) is 0 Å². The molecule has 1 aromatic carbocycles. The maximum atomic E-state index is 11.9. The number of benzene rings is 1. The molecule has 6 nitrogen and oxygen atoms in total. The van der Waals surface area contributed by atoms with E-state index < -0.39 is 24.0 Å². The van der Waals surface area contributed by atoms with E-state index in [1.807, 2.05) is 30.3 Å². The van der Waals surface area contributed by atoms with E-state index in [0.717, 1.165) is 5.56 Å². The van der Waals surface area contributed by atoms with Crippen LogP contribution in [0.4, 0.5) is 4.79 Å². The topological polar surface area (TPSA) is 108 Å². The van der Waals surface area contributed by atoms with Crippen LogP contribution in [0.25, 0.3) is 0 Å². The molecule has 0 radical (unpaired) electrons. The van der Waals surface area contributed by atoms with Crippen molar-refractivity contribution in [2.45, 2.75) is 45.2 Å². The minimum Gasteiger partial charge on any atom is -0.352 e. The van der Waals surface area contributed by atoms with E-state index in [2.05, 4.69) is 31.4 Å². The lowest BCUT2D eigenvalue weighted by Crippen LogP contribution is -2.47. The van der Waals surface area contributed by atoms with Gasteiger partial charge < -0.3 is 16.4 Å². The summed E-state index contributed by atoms with van der Waals surface area (Å²) in [7, 11) is 0. The van der Waals surface area contributed by atoms with E-state index in [0.29, 0.717) is 5.56 Å². The van der Waals surface area contributed by atoms with Crippen LogP contribution in [0.3, 0.4) is 0 Å². The predicted molar refractivity (Wildman–Crippen MR) is 83.8 cm³/mol. The fourth-order valence-corrected chi connectivity index (χ4v) is 1.91. The van der Waals surface area contributed by atoms with Crippen LogP contribution in [0.1, 0.15) is 44.9 Å². The zero-order chi connectivity index (χ0) is 16.9. The second-order valence-corrected chi connectivity index (χ2v) is 6.17. The van der Waals surface area contributed by atoms with E-state index in [4.69, 9.17) is 5.73 Å². The molecule has 6 heteroatoms. The van der Waals surface area contributed by atoms with E-state index in [1.54, 1.807) is 0 Å². The van der Waals surface area contributed by atoms with Gasteiger partial charge in [-0.3, -0.25) is 4.79 Å². The molecule has 0 aliphatic rings. The van der Waals surface area contributed by atoms with Crippen molar-refractivity contribution in [3.63, 3.8) is 0 Å². The summed E-state index contributed by atoms with van der Waals surface area (Å²) in [6, 6.07) is 7.19. The number of hydrogen-bond acceptors (Lipinski definition) is 3. The van der Waals surface area contributed by atoms with Crippen molar-refractivity contribution in [3.05, 3.63) is 35.4 Å². The van der Waals surface area contributed by atoms with Crippen LogP contribution in [-0.2, 0) is 10.2 Å². The molecule has 0 aromatic heterocycles. The second-order valence-electron chi connectivity index (χ2n) is 6.17. The van der Waals surface area contributed by atoms with Gasteiger partial charge in [-0.25, -0.2) is 4.79 Å². The zero-order valence-electron chi connectivity index (χ0n) is 13.3. The lowest BCUT2D eigenvalue weighted by Gasteiger charge is -2.20. The number of nitrogens with zero attached hydrogens (tertiary/aromatic N) is 1. The van der Waals surface area contributed by atoms with Crippen LogP contribution in [0.2, 0.25) is 0 Å². The Morgan fingerprint density at radius 2 is 1.73 bits per heavy atom. The number of amides is 3. The van der Waals surface area contributed by atoms with Gasteiger partial charge in [0.2, 0.25) is 5.91 Å². The fourth-order valence-electron chi connectivity index (χ4n) is 1.91. The summed E-state index contributed by atoms with van der Waals surface area (Å²) in [5, 5.41) is 14.1. The molecule has 1 rings (SSSR count). The van der Waals surface area contributed by atoms with Crippen molar-refractivity contribution in [1.82, 2.24) is 10.6 Å². The molecule has 0 saturated carbocycles. The first-order valence-electron chi connectivity index (χ1n) is 7.01. The molecule has 0 aliphatic heterocycles. The summed E-state index contributed by atoms with van der Waals surface area (Å²) in [6.45, 7) is 7.80. The van der Waals surface area contributed by atoms with Crippen molar-refractivity contribution in [2.24, 2.45) is 5.73 Å². The summed E-state index contributed by atoms with van der Waals surface area (Å²) in [6.07, 6.45) is 0. The Labute approximate surface area is 130 Å². The monoisotopic (exact) mass is 302 g/mol. The number of rotatable bonds is 4. The summed E-state index contributed by atoms with van der Waals surface area (Å²) in [5.41, 5.74) is 6.82. The summed E-state index contributed by atoms with van der Waals surface area (Å²) < 4.78 is 0. The lowest BCUT2D eigenvalue weighted by atomic mass is 9.86. The van der Waals surface area contributed by atoms with Crippen molar-refractivity contribution in [3.8, 4) is 6.07 Å². The number of primary amides is 1. The number of carbonyl (C=O) groups excluding carboxylic acids is 2. The lowest BCUT2D eigenvalue weighted by molar-refractivity contribution is -0.122. The highest BCUT2D eigenvalue weighted by atomic mass is 16.2. The molecule has 1 aromatic rings. The largest absolute Gasteiger partial charge is 0.352 e. The van der Waals surface area contributed by atoms with Gasteiger partial charge in [-0.05, 0) is 23.5 Å². The Hall–Kier alpha value is -2.55. The molecule has 4 N–H and O–H groups in total. The maximum Gasteiger partial charge on any atom is 0.312 e. The first kappa shape index (κ1) is 17.5. The third-order valence-corrected chi connectivity index (χ3v) is 3.28. The molecular formula is C16H22N4O2. The maximum absolute atomic E-state index is 11.9. The van der Waals surface area contributed by atoms with Gasteiger partial charge in [-0.2, -0.15) is 5.26 Å². The van der Waals surface area contributed by atoms with Crippen molar-refractivity contribution < 1.29 is 9.59 Å². The van der Waals surface area contributed by atoms with Gasteiger partial charge in [0, 0.05) is 0 Å². The highest BCUT2D eigenvalue weighted by Crippen LogP contribution is 2.23. The normalized spacial score (nSPS) is 13.6. The predicted octanol–water partition coefficient (Wildman–Crippen LogP) is 1.72. The van der Waals surface area contributed by atoms with Gasteiger partial charge >= 0.3 is 6.03 Å². The van der Waals surface area contributed by atoms with Crippen molar-refractivity contribution in [1.29, 1.82) is 5.26 Å². The van der Waals surface area contributed by atoms with Crippen LogP contribution in [0, 0.1) is 11.3 Å². The van der Waals surface area contributed by atoms with Crippen LogP contribution < -0.4 is 16.4 Å². The van der Waals surface area contributed by atoms with Crippen LogP contribution >= 0.6 is 0 Å². The van der Waals surface area contributed by atoms with Crippen LogP contribution in [0.15, 0.2) is 24.3 Å². The van der Waals surface area contributed by atoms with Crippen molar-refractivity contribution in [2.75, 3.05) is 0 Å². The van der Waals surface area contributed by atoms with Crippen LogP contribution in [-0.4, -0.2) is 18.0 Å². The number of urea groups is 1. The Morgan fingerprint density at radius 3 is 2.14 bits per heavy atom. The van der Waals surface area contributed by atoms with Gasteiger partial charge in [0.05, 0.1) is 6.07 Å². The van der Waals surface area contributed by atoms with Crippen molar-refractivity contribution >= 4 is 11.9 Å². The SMILES string of the molecule is C[C@@H](NC(N)=O)C(=O)N[C@@H](C#N)c1ccc(C(C)(C)C)cc1. The Balaban J connectivity index is 2.83. The number of nitrogens with one attached hydrogen (secondary N) is 2. The molecule has 118 valence electrons. The van der Waals surface area contributed by atoms with Gasteiger partial charge in [0.1, 0.15) is 12.1 Å². The first-order chi connectivity index (χ1) is 10.1. The molecule has 2 atom stereocenters. The molecule has 0 heterocycles. The van der Waals surface area contributed by atoms with E-state index >= 15 is 0 Å². The Morgan fingerprint density at radius 1 is 1.18 bits per heavy atom. The molecule has 0 saturated heterocycles. The number of nitriles is 1. The third kappa shape index (κ3) is 4.77. The standard InChI is InChI=1S/C16H22N4O2/c1-10(19-15(18)22)14(21)20-13(9-17)11-5-7-12(8-6-11)16(2,3)4/h5-8,10,13H,1-4H3,(H,20,21)(H3,18,19,22)/t10-,13+/m1/s1. The highest BCUT2D eigenvalue weighted by molar-refractivity contribution is 5.86. The summed E-state index contributed by atoms with van der Waals surface area (Å²) in [5.74, 6) is -0.467. The Bertz CT molecular complexity index is 582. The molecule has 0 unspecified atom stereocenters. The van der Waals surface area contributed by atoms with Gasteiger partial charge in [-0.1, -0.05) is 45.0 Å². The van der Waals surface area contributed by atoms with Crippen LogP contribution in [0.5, 0.6) is 0 Å². The molecule has 22 heavy (non-hydrogen) atoms. The minimum absolute atomic E-state index is 0.0177. The fraction of sp³-hybridized carbons (Fsp3) is 0.438. The summed E-state index contributed by atoms with van der Waals surface area (Å²) in [4.78, 5) is 22.7. The molecule has 0 aliphatic carbocycles. The molecule has 0 spiro atoms. The second kappa shape index (κ2) is 6.94. The Kier molecular flexibility index (Phi) is 5.52. The third-order valence-electron chi connectivity index (χ3n) is 3.28. The molecular weight excluding hydrogens is 280 g/mol. The molecule has 0 fully saturated rings. The van der Waals surface area contributed by atoms with E-state index in [9.17, 15) is 14.9 Å². The zero-order valence-corrected chi connectivity index (χ0v) is 13.3. The van der Waals surface area contributed by atoms with Gasteiger partial charge in [-0.15, -0.1) is 0 Å². The quantitative estimate of drug-likeness (QED) is 0.788. The highest BCUT2D eigenvalue weighted by Gasteiger charge is 2.20. The van der Waals surface area contributed by atoms with E-state index in [1.165, 1.54) is 6.92 Å². The number of hydrogen-bond donors (Lipinski definition) is 3. The first-order valence-corrected chi connectivity index (χ1v) is 7.01. The summed E-state index contributed by atoms with van der Waals surface area (Å²) >= 11 is 0. The average molecular weight is 302 g/mol. The molecule has 3 amide bonds. The number of nitrogens with two attached hydrogens (primary N) is 1.